The van der Waals surface area contributed by atoms with E-state index in [2.05, 4.69) is 30.1 Å². The maximum Gasteiger partial charge on any atom is 0.490 e. The third kappa shape index (κ3) is 6.45. The van der Waals surface area contributed by atoms with Crippen LogP contribution >= 0.6 is 35.7 Å². The van der Waals surface area contributed by atoms with Gasteiger partial charge >= 0.3 is 23.5 Å². The first-order valence-corrected chi connectivity index (χ1v) is 12.8. The molecule has 6 atom stereocenters. The van der Waals surface area contributed by atoms with Gasteiger partial charge in [0.1, 0.15) is 13.3 Å². The molecule has 2 rings (SSSR count). The number of rotatable bonds is 9. The molecule has 2 heterocycles. The predicted octanol–water partition coefficient (Wildman–Crippen LogP) is -0.356. The number of ether oxygens (including phenoxy) is 1. The molecule has 0 amide bonds. The number of phosphoric acid groups is 3. The number of halogens is 3. The number of phosphoric ester groups is 1. The number of nitrogens with one attached hydrogen (secondary N) is 1. The smallest absolute Gasteiger partial charge is 0.384 e. The summed E-state index contributed by atoms with van der Waals surface area (Å²) >= 11 is 4.68. The highest BCUT2D eigenvalue weighted by molar-refractivity contribution is 7.71. The molecule has 23 heteroatoms. The zero-order chi connectivity index (χ0) is 25.6. The molecule has 1 aromatic heterocycles. The summed E-state index contributed by atoms with van der Waals surface area (Å²) in [4.78, 5) is 48.3. The minimum absolute atomic E-state index is 0.271. The van der Waals surface area contributed by atoms with Gasteiger partial charge in [0.05, 0.1) is 6.20 Å². The van der Waals surface area contributed by atoms with Crippen molar-refractivity contribution in [2.75, 3.05) is 13.3 Å². The Morgan fingerprint density at radius 2 is 1.79 bits per heavy atom. The molecule has 7 N–H and O–H groups in total. The van der Waals surface area contributed by atoms with Crippen molar-refractivity contribution in [2.45, 2.75) is 23.8 Å². The summed E-state index contributed by atoms with van der Waals surface area (Å²) in [6, 6.07) is 0. The van der Waals surface area contributed by atoms with E-state index in [0.717, 1.165) is 0 Å². The van der Waals surface area contributed by atoms with E-state index in [0.29, 0.717) is 4.57 Å². The van der Waals surface area contributed by atoms with Crippen molar-refractivity contribution in [3.63, 3.8) is 0 Å². The lowest BCUT2D eigenvalue weighted by atomic mass is 9.94. The molecule has 0 radical (unpaired) electrons. The Morgan fingerprint density at radius 3 is 2.30 bits per heavy atom. The molecule has 0 saturated carbocycles. The lowest BCUT2D eigenvalue weighted by Crippen LogP contribution is -2.52. The van der Waals surface area contributed by atoms with Crippen molar-refractivity contribution in [2.24, 2.45) is 0 Å². The van der Waals surface area contributed by atoms with Gasteiger partial charge in [-0.25, -0.2) is 22.5 Å². The van der Waals surface area contributed by atoms with Crippen LogP contribution in [-0.2, 0) is 31.6 Å². The molecular weight excluding hydrogens is 554 g/mol. The predicted molar refractivity (Wildman–Crippen MR) is 96.6 cm³/mol. The Labute approximate surface area is 184 Å². The van der Waals surface area contributed by atoms with E-state index >= 15 is 4.39 Å². The average molecular weight is 568 g/mol. The van der Waals surface area contributed by atoms with E-state index in [1.54, 1.807) is 4.98 Å². The molecule has 1 aromatic rings. The molecule has 33 heavy (non-hydrogen) atoms. The number of hydrogen-bond donors (Lipinski definition) is 7. The first-order valence-electron chi connectivity index (χ1n) is 7.88. The maximum absolute atomic E-state index is 15.2. The Hall–Kier alpha value is -0.820. The van der Waals surface area contributed by atoms with Gasteiger partial charge in [-0.2, -0.15) is 13.0 Å². The summed E-state index contributed by atoms with van der Waals surface area (Å²) < 4.78 is 90.9. The topological polar surface area (TPSA) is 247 Å². The SMILES string of the molecule is O=c1[nH]c(=S)n([C@@H]2O[C@](F)(COP(=O)(O)OP(=O)(O)OP(=O)(O)O)C(O)[C@]2(O)CF)cc1F. The Morgan fingerprint density at radius 1 is 1.21 bits per heavy atom. The normalized spacial score (nSPS) is 31.8. The highest BCUT2D eigenvalue weighted by atomic mass is 32.1. The number of nitrogens with zero attached hydrogens (tertiary/aromatic N) is 1. The van der Waals surface area contributed by atoms with E-state index in [-0.39, 0.29) is 6.20 Å². The molecule has 1 aliphatic rings. The Balaban J connectivity index is 2.31. The molecule has 190 valence electrons. The largest absolute Gasteiger partial charge is 0.490 e. The van der Waals surface area contributed by atoms with Crippen LogP contribution in [0.2, 0.25) is 0 Å². The molecule has 1 saturated heterocycles. The number of alkyl halides is 2. The van der Waals surface area contributed by atoms with E-state index in [1.807, 2.05) is 0 Å². The number of aliphatic hydroxyl groups excluding tert-OH is 1. The van der Waals surface area contributed by atoms with Crippen molar-refractivity contribution < 1.29 is 74.5 Å². The first kappa shape index (κ1) is 28.4. The van der Waals surface area contributed by atoms with Crippen LogP contribution in [0.5, 0.6) is 0 Å². The molecule has 16 nitrogen and oxygen atoms in total. The van der Waals surface area contributed by atoms with Gasteiger partial charge in [0.25, 0.3) is 11.4 Å². The number of aromatic amines is 1. The first-order chi connectivity index (χ1) is 14.8. The summed E-state index contributed by atoms with van der Waals surface area (Å²) in [7, 11) is -17.6. The number of H-pyrrole nitrogens is 1. The van der Waals surface area contributed by atoms with Crippen LogP contribution in [0.1, 0.15) is 6.23 Å². The van der Waals surface area contributed by atoms with E-state index < -0.39 is 76.7 Å². The molecule has 0 spiro atoms. The number of aliphatic hydroxyl groups is 2. The van der Waals surface area contributed by atoms with Crippen molar-refractivity contribution in [1.82, 2.24) is 9.55 Å². The fourth-order valence-corrected chi connectivity index (χ4v) is 5.79. The second kappa shape index (κ2) is 9.33. The average Bonchev–Trinajstić information content (AvgIpc) is 2.82. The van der Waals surface area contributed by atoms with E-state index in [4.69, 9.17) is 14.7 Å². The lowest BCUT2D eigenvalue weighted by molar-refractivity contribution is -0.204. The number of hydrogen-bond acceptors (Lipinski definition) is 11. The molecule has 0 bridgehead atoms. The molecule has 0 aliphatic carbocycles. The summed E-state index contributed by atoms with van der Waals surface area (Å²) in [6.45, 7) is -3.93. The van der Waals surface area contributed by atoms with E-state index in [1.165, 1.54) is 0 Å². The molecule has 1 aliphatic heterocycles. The Kier molecular flexibility index (Phi) is 8.03. The zero-order valence-corrected chi connectivity index (χ0v) is 18.9. The van der Waals surface area contributed by atoms with Crippen LogP contribution in [0, 0.1) is 10.6 Å². The summed E-state index contributed by atoms with van der Waals surface area (Å²) in [5.74, 6) is -5.36. The van der Waals surface area contributed by atoms with Gasteiger partial charge < -0.3 is 34.5 Å². The molecule has 0 aromatic carbocycles. The quantitative estimate of drug-likeness (QED) is 0.149. The van der Waals surface area contributed by atoms with Gasteiger partial charge in [-0.15, -0.1) is 0 Å². The summed E-state index contributed by atoms with van der Waals surface area (Å²) in [5.41, 5.74) is -4.60. The second-order valence-electron chi connectivity index (χ2n) is 6.29. The minimum atomic E-state index is -5.97. The van der Waals surface area contributed by atoms with Crippen LogP contribution < -0.4 is 5.56 Å². The van der Waals surface area contributed by atoms with Gasteiger partial charge in [0.2, 0.25) is 5.82 Å². The van der Waals surface area contributed by atoms with Crippen LogP contribution in [-0.4, -0.2) is 70.2 Å². The number of aromatic nitrogens is 2. The van der Waals surface area contributed by atoms with Crippen LogP contribution in [0.4, 0.5) is 13.2 Å². The fourth-order valence-electron chi connectivity index (χ4n) is 2.52. The monoisotopic (exact) mass is 568 g/mol. The van der Waals surface area contributed by atoms with Gasteiger partial charge in [-0.3, -0.25) is 18.9 Å². The standard InChI is InChI=1S/C10H14F3N2O14P3S/c11-2-9(18)6(17)10(13,27-7(9)15-1-4(12)5(16)14-8(15)33)3-26-31(22,23)29-32(24,25)28-30(19,20)21/h1,6-7,17-18H,2-3H2,(H,22,23)(H,24,25)(H,14,16,33)(H2,19,20,21)/t6?,7-,9-,10-/m1/s1. The highest BCUT2D eigenvalue weighted by Crippen LogP contribution is 2.66. The van der Waals surface area contributed by atoms with Crippen molar-refractivity contribution in [3.8, 4) is 0 Å². The van der Waals surface area contributed by atoms with Crippen LogP contribution in [0.3, 0.4) is 0 Å². The van der Waals surface area contributed by atoms with Crippen LogP contribution in [0.25, 0.3) is 0 Å². The highest BCUT2D eigenvalue weighted by Gasteiger charge is 2.66. The van der Waals surface area contributed by atoms with Gasteiger partial charge in [0, 0.05) is 0 Å². The molecular formula is C10H14F3N2O14P3S. The van der Waals surface area contributed by atoms with Gasteiger partial charge in [-0.05, 0) is 12.2 Å². The Bertz CT molecular complexity index is 1170. The third-order valence-corrected chi connectivity index (χ3v) is 7.94. The zero-order valence-electron chi connectivity index (χ0n) is 15.4. The lowest BCUT2D eigenvalue weighted by Gasteiger charge is -2.29. The third-order valence-electron chi connectivity index (χ3n) is 3.85. The fraction of sp³-hybridized carbons (Fsp3) is 0.600. The molecule has 1 fully saturated rings. The van der Waals surface area contributed by atoms with Crippen LogP contribution in [0.15, 0.2) is 11.0 Å². The van der Waals surface area contributed by atoms with Gasteiger partial charge in [0.15, 0.2) is 22.7 Å². The van der Waals surface area contributed by atoms with Crippen molar-refractivity contribution >= 4 is 35.7 Å². The molecule has 3 unspecified atom stereocenters. The van der Waals surface area contributed by atoms with Gasteiger partial charge in [-0.1, -0.05) is 0 Å². The van der Waals surface area contributed by atoms with Crippen molar-refractivity contribution in [3.05, 3.63) is 27.1 Å². The second-order valence-corrected chi connectivity index (χ2v) is 11.1. The summed E-state index contributed by atoms with van der Waals surface area (Å²) in [6.07, 6.45) is -5.08. The maximum atomic E-state index is 15.2. The van der Waals surface area contributed by atoms with E-state index in [9.17, 15) is 42.4 Å². The van der Waals surface area contributed by atoms with Crippen molar-refractivity contribution in [1.29, 1.82) is 0 Å². The minimum Gasteiger partial charge on any atom is -0.384 e. The summed E-state index contributed by atoms with van der Waals surface area (Å²) in [5, 5.41) is 20.4.